The highest BCUT2D eigenvalue weighted by molar-refractivity contribution is 9.10. The zero-order valence-electron chi connectivity index (χ0n) is 7.14. The molecule has 0 aliphatic heterocycles. The third kappa shape index (κ3) is 2.97. The molecule has 0 atom stereocenters. The second-order valence-electron chi connectivity index (χ2n) is 2.64. The van der Waals surface area contributed by atoms with Crippen molar-refractivity contribution in [1.29, 1.82) is 0 Å². The van der Waals surface area contributed by atoms with Crippen molar-refractivity contribution in [2.45, 2.75) is 6.92 Å². The van der Waals surface area contributed by atoms with E-state index in [1.807, 2.05) is 6.92 Å². The van der Waals surface area contributed by atoms with Gasteiger partial charge in [-0.3, -0.25) is 0 Å². The van der Waals surface area contributed by atoms with Gasteiger partial charge in [0.1, 0.15) is 17.3 Å². The van der Waals surface area contributed by atoms with Crippen molar-refractivity contribution < 1.29 is 0 Å². The molecule has 1 aromatic heterocycles. The number of aromatic nitrogens is 2. The van der Waals surface area contributed by atoms with Crippen LogP contribution in [0.25, 0.3) is 0 Å². The summed E-state index contributed by atoms with van der Waals surface area (Å²) >= 11 is 9.05. The fraction of sp³-hybridized carbons (Fsp3) is 0.250. The number of hydrogen-bond acceptors (Lipinski definition) is 3. The van der Waals surface area contributed by atoms with Crippen LogP contribution < -0.4 is 5.32 Å². The minimum absolute atomic E-state index is 0.402. The molecule has 0 radical (unpaired) electrons. The number of nitrogens with one attached hydrogen (secondary N) is 1. The molecule has 1 heterocycles. The zero-order chi connectivity index (χ0) is 9.84. The summed E-state index contributed by atoms with van der Waals surface area (Å²) in [5.41, 5.74) is 1.03. The van der Waals surface area contributed by atoms with Crippen LogP contribution in [0.1, 0.15) is 6.92 Å². The molecular weight excluding hydrogens is 253 g/mol. The monoisotopic (exact) mass is 261 g/mol. The van der Waals surface area contributed by atoms with Crippen LogP contribution in [-0.2, 0) is 0 Å². The molecule has 5 heteroatoms. The summed E-state index contributed by atoms with van der Waals surface area (Å²) in [7, 11) is 0. The van der Waals surface area contributed by atoms with Crippen molar-refractivity contribution in [2.24, 2.45) is 0 Å². The molecule has 0 aromatic carbocycles. The van der Waals surface area contributed by atoms with Gasteiger partial charge in [-0.2, -0.15) is 0 Å². The summed E-state index contributed by atoms with van der Waals surface area (Å²) in [4.78, 5) is 7.83. The molecule has 0 bridgehead atoms. The van der Waals surface area contributed by atoms with Crippen LogP contribution in [0.2, 0.25) is 5.15 Å². The molecule has 1 aromatic rings. The van der Waals surface area contributed by atoms with E-state index in [1.165, 1.54) is 6.33 Å². The average molecular weight is 263 g/mol. The maximum absolute atomic E-state index is 5.77. The lowest BCUT2D eigenvalue weighted by atomic mass is 10.3. The van der Waals surface area contributed by atoms with Gasteiger partial charge in [0.25, 0.3) is 0 Å². The van der Waals surface area contributed by atoms with Crippen LogP contribution in [0, 0.1) is 0 Å². The molecule has 1 N–H and O–H groups in total. The fourth-order valence-electron chi connectivity index (χ4n) is 0.706. The number of nitrogens with zero attached hydrogens (tertiary/aromatic N) is 2. The van der Waals surface area contributed by atoms with E-state index < -0.39 is 0 Å². The van der Waals surface area contributed by atoms with Gasteiger partial charge in [0.05, 0.1) is 4.47 Å². The van der Waals surface area contributed by atoms with Gasteiger partial charge in [0.2, 0.25) is 0 Å². The average Bonchev–Trinajstić information content (AvgIpc) is 2.07. The third-order valence-electron chi connectivity index (χ3n) is 1.30. The second-order valence-corrected chi connectivity index (χ2v) is 3.79. The first-order valence-corrected chi connectivity index (χ1v) is 4.82. The Hall–Kier alpha value is -0.610. The lowest BCUT2D eigenvalue weighted by Gasteiger charge is -2.06. The van der Waals surface area contributed by atoms with E-state index in [-0.39, 0.29) is 0 Å². The molecule has 0 saturated carbocycles. The number of anilines is 1. The molecule has 0 aliphatic rings. The van der Waals surface area contributed by atoms with Gasteiger partial charge in [-0.05, 0) is 22.9 Å². The van der Waals surface area contributed by atoms with E-state index in [1.54, 1.807) is 0 Å². The maximum Gasteiger partial charge on any atom is 0.148 e. The molecule has 0 saturated heterocycles. The molecule has 0 aliphatic carbocycles. The third-order valence-corrected chi connectivity index (χ3v) is 2.57. The van der Waals surface area contributed by atoms with Gasteiger partial charge in [0, 0.05) is 6.54 Å². The fourth-order valence-corrected chi connectivity index (χ4v) is 1.18. The van der Waals surface area contributed by atoms with Crippen molar-refractivity contribution in [3.63, 3.8) is 0 Å². The van der Waals surface area contributed by atoms with Crippen molar-refractivity contribution in [3.05, 3.63) is 28.1 Å². The highest BCUT2D eigenvalue weighted by atomic mass is 79.9. The van der Waals surface area contributed by atoms with Gasteiger partial charge in [0.15, 0.2) is 0 Å². The zero-order valence-corrected chi connectivity index (χ0v) is 9.48. The Bertz CT molecular complexity index is 327. The Morgan fingerprint density at radius 2 is 2.38 bits per heavy atom. The largest absolute Gasteiger partial charge is 0.365 e. The number of halogens is 2. The summed E-state index contributed by atoms with van der Waals surface area (Å²) < 4.78 is 0.679. The molecule has 3 nitrogen and oxygen atoms in total. The van der Waals surface area contributed by atoms with Crippen molar-refractivity contribution in [1.82, 2.24) is 9.97 Å². The summed E-state index contributed by atoms with van der Waals surface area (Å²) in [5.74, 6) is 0.683. The molecule has 0 spiro atoms. The van der Waals surface area contributed by atoms with Gasteiger partial charge in [-0.15, -0.1) is 0 Å². The van der Waals surface area contributed by atoms with Crippen molar-refractivity contribution >= 4 is 33.3 Å². The lowest BCUT2D eigenvalue weighted by Crippen LogP contribution is -2.04. The Kier molecular flexibility index (Phi) is 3.69. The van der Waals surface area contributed by atoms with Crippen molar-refractivity contribution in [2.75, 3.05) is 11.9 Å². The first-order valence-electron chi connectivity index (χ1n) is 3.65. The van der Waals surface area contributed by atoms with E-state index in [0.29, 0.717) is 22.0 Å². The van der Waals surface area contributed by atoms with Crippen molar-refractivity contribution in [3.8, 4) is 0 Å². The number of rotatable bonds is 3. The van der Waals surface area contributed by atoms with Gasteiger partial charge in [-0.1, -0.05) is 23.8 Å². The lowest BCUT2D eigenvalue weighted by molar-refractivity contribution is 1.10. The van der Waals surface area contributed by atoms with Crippen LogP contribution in [0.3, 0.4) is 0 Å². The molecular formula is C8H9BrClN3. The molecule has 13 heavy (non-hydrogen) atoms. The standard InChI is InChI=1S/C8H9BrClN3/c1-5(2)3-11-8-6(9)7(10)12-4-13-8/h4H,1,3H2,2H3,(H,11,12,13). The number of hydrogen-bond donors (Lipinski definition) is 1. The molecule has 70 valence electrons. The Morgan fingerprint density at radius 3 is 3.00 bits per heavy atom. The van der Waals surface area contributed by atoms with Crippen LogP contribution in [0.5, 0.6) is 0 Å². The smallest absolute Gasteiger partial charge is 0.148 e. The Morgan fingerprint density at radius 1 is 1.69 bits per heavy atom. The van der Waals surface area contributed by atoms with Gasteiger partial charge < -0.3 is 5.32 Å². The van der Waals surface area contributed by atoms with Gasteiger partial charge in [-0.25, -0.2) is 9.97 Å². The first-order chi connectivity index (χ1) is 6.11. The minimum Gasteiger partial charge on any atom is -0.365 e. The molecule has 0 amide bonds. The highest BCUT2D eigenvalue weighted by Crippen LogP contribution is 2.25. The van der Waals surface area contributed by atoms with E-state index in [9.17, 15) is 0 Å². The van der Waals surface area contributed by atoms with E-state index in [0.717, 1.165) is 5.57 Å². The predicted molar refractivity (Wildman–Crippen MR) is 58.0 cm³/mol. The summed E-state index contributed by atoms with van der Waals surface area (Å²) in [6, 6.07) is 0. The van der Waals surface area contributed by atoms with E-state index >= 15 is 0 Å². The topological polar surface area (TPSA) is 37.8 Å². The molecule has 0 fully saturated rings. The van der Waals surface area contributed by atoms with Gasteiger partial charge >= 0.3 is 0 Å². The molecule has 1 rings (SSSR count). The summed E-state index contributed by atoms with van der Waals surface area (Å²) in [6.45, 7) is 6.37. The normalized spacial score (nSPS) is 9.77. The molecule has 0 unspecified atom stereocenters. The van der Waals surface area contributed by atoms with E-state index in [2.05, 4.69) is 37.8 Å². The maximum atomic E-state index is 5.77. The Labute approximate surface area is 90.4 Å². The second kappa shape index (κ2) is 4.58. The first kappa shape index (κ1) is 10.5. The van der Waals surface area contributed by atoms with E-state index in [4.69, 9.17) is 11.6 Å². The van der Waals surface area contributed by atoms with Crippen LogP contribution in [0.4, 0.5) is 5.82 Å². The Balaban J connectivity index is 2.77. The van der Waals surface area contributed by atoms with Crippen LogP contribution in [-0.4, -0.2) is 16.5 Å². The SMILES string of the molecule is C=C(C)CNc1ncnc(Cl)c1Br. The van der Waals surface area contributed by atoms with Crippen LogP contribution in [0.15, 0.2) is 23.0 Å². The summed E-state index contributed by atoms with van der Waals surface area (Å²) in [6.07, 6.45) is 1.41. The van der Waals surface area contributed by atoms with Crippen LogP contribution >= 0.6 is 27.5 Å². The quantitative estimate of drug-likeness (QED) is 0.672. The highest BCUT2D eigenvalue weighted by Gasteiger charge is 2.04. The predicted octanol–water partition coefficient (Wildman–Crippen LogP) is 2.88. The minimum atomic E-state index is 0.402. The summed E-state index contributed by atoms with van der Waals surface area (Å²) in [5, 5.41) is 3.47.